The van der Waals surface area contributed by atoms with Gasteiger partial charge in [0.15, 0.2) is 17.3 Å². The van der Waals surface area contributed by atoms with Crippen LogP contribution in [0.2, 0.25) is 10.0 Å². The van der Waals surface area contributed by atoms with Crippen molar-refractivity contribution in [3.8, 4) is 23.0 Å². The number of carbonyl (C=O) groups is 2. The molecule has 2 aromatic rings. The molecule has 0 saturated carbocycles. The molecule has 0 aliphatic heterocycles. The monoisotopic (exact) mass is 497 g/mol. The summed E-state index contributed by atoms with van der Waals surface area (Å²) >= 11 is 12.4. The first kappa shape index (κ1) is 26.2. The Kier molecular flexibility index (Phi) is 9.74. The summed E-state index contributed by atoms with van der Waals surface area (Å²) < 4.78 is 21.6. The normalized spacial score (nSPS) is 11.7. The van der Waals surface area contributed by atoms with Crippen molar-refractivity contribution in [2.75, 3.05) is 32.8 Å². The lowest BCUT2D eigenvalue weighted by Crippen LogP contribution is -2.32. The number of azo groups is 1. The van der Waals surface area contributed by atoms with Gasteiger partial charge in [-0.25, -0.2) is 0 Å². The van der Waals surface area contributed by atoms with E-state index in [-0.39, 0.29) is 22.1 Å². The molecule has 0 fully saturated rings. The van der Waals surface area contributed by atoms with Gasteiger partial charge in [0, 0.05) is 23.2 Å². The highest BCUT2D eigenvalue weighted by Gasteiger charge is 2.26. The van der Waals surface area contributed by atoms with Crippen LogP contribution in [0.5, 0.6) is 23.0 Å². The molecule has 0 aliphatic carbocycles. The van der Waals surface area contributed by atoms with Crippen molar-refractivity contribution in [3.05, 3.63) is 34.3 Å². The van der Waals surface area contributed by atoms with Gasteiger partial charge in [-0.3, -0.25) is 9.59 Å². The van der Waals surface area contributed by atoms with Gasteiger partial charge >= 0.3 is 0 Å². The quantitative estimate of drug-likeness (QED) is 0.324. The number of rotatable bonds is 11. The summed E-state index contributed by atoms with van der Waals surface area (Å²) in [5, 5.41) is 11.0. The molecule has 2 aromatic carbocycles. The molecule has 0 spiro atoms. The molecule has 1 N–H and O–H groups in total. The molecule has 2 rings (SSSR count). The van der Waals surface area contributed by atoms with E-state index in [2.05, 4.69) is 15.5 Å². The molecule has 1 atom stereocenters. The number of benzene rings is 2. The molecule has 1 amide bonds. The van der Waals surface area contributed by atoms with Crippen molar-refractivity contribution in [1.82, 2.24) is 0 Å². The van der Waals surface area contributed by atoms with Gasteiger partial charge in [0.05, 0.1) is 32.5 Å². The minimum Gasteiger partial charge on any atom is -0.494 e. The maximum Gasteiger partial charge on any atom is 0.258 e. The van der Waals surface area contributed by atoms with Gasteiger partial charge in [-0.2, -0.15) is 10.2 Å². The second kappa shape index (κ2) is 12.3. The van der Waals surface area contributed by atoms with Crippen molar-refractivity contribution >= 4 is 46.3 Å². The molecule has 0 heterocycles. The van der Waals surface area contributed by atoms with E-state index in [4.69, 9.17) is 42.1 Å². The molecule has 9 nitrogen and oxygen atoms in total. The van der Waals surface area contributed by atoms with E-state index in [1.807, 2.05) is 6.92 Å². The molecular formula is C22H25Cl2N3O6. The minimum absolute atomic E-state index is 0.179. The van der Waals surface area contributed by atoms with Crippen LogP contribution in [0, 0.1) is 0 Å². The first-order chi connectivity index (χ1) is 15.7. The molecule has 33 heavy (non-hydrogen) atoms. The summed E-state index contributed by atoms with van der Waals surface area (Å²) in [6.07, 6.45) is 0. The van der Waals surface area contributed by atoms with Gasteiger partial charge in [-0.05, 0) is 26.8 Å². The smallest absolute Gasteiger partial charge is 0.258 e. The Bertz CT molecular complexity index is 1050. The van der Waals surface area contributed by atoms with E-state index in [9.17, 15) is 9.59 Å². The largest absolute Gasteiger partial charge is 0.494 e. The maximum absolute atomic E-state index is 12.9. The van der Waals surface area contributed by atoms with Gasteiger partial charge in [0.25, 0.3) is 5.91 Å². The predicted octanol–water partition coefficient (Wildman–Crippen LogP) is 5.49. The number of hydrogen-bond donors (Lipinski definition) is 1. The van der Waals surface area contributed by atoms with Crippen LogP contribution in [0.15, 0.2) is 34.5 Å². The van der Waals surface area contributed by atoms with Gasteiger partial charge in [0.2, 0.25) is 6.04 Å². The Hall–Kier alpha value is -3.04. The number of hydrogen-bond acceptors (Lipinski definition) is 8. The highest BCUT2D eigenvalue weighted by molar-refractivity contribution is 6.34. The van der Waals surface area contributed by atoms with E-state index in [1.165, 1.54) is 39.3 Å². The van der Waals surface area contributed by atoms with Crippen LogP contribution in [0.3, 0.4) is 0 Å². The van der Waals surface area contributed by atoms with Crippen molar-refractivity contribution in [1.29, 1.82) is 0 Å². The summed E-state index contributed by atoms with van der Waals surface area (Å²) in [5.41, 5.74) is 0.380. The van der Waals surface area contributed by atoms with Crippen LogP contribution in [0.25, 0.3) is 0 Å². The number of halogens is 2. The maximum atomic E-state index is 12.9. The summed E-state index contributed by atoms with van der Waals surface area (Å²) in [7, 11) is 2.86. The van der Waals surface area contributed by atoms with E-state index >= 15 is 0 Å². The molecule has 0 aliphatic rings. The van der Waals surface area contributed by atoms with Gasteiger partial charge < -0.3 is 24.3 Å². The fourth-order valence-electron chi connectivity index (χ4n) is 2.81. The van der Waals surface area contributed by atoms with Crippen LogP contribution >= 0.6 is 23.2 Å². The number of Topliss-reactive ketones (excluding diaryl/α,β-unsaturated/α-hetero) is 1. The molecule has 0 bridgehead atoms. The highest BCUT2D eigenvalue weighted by Crippen LogP contribution is 2.40. The van der Waals surface area contributed by atoms with Gasteiger partial charge in [-0.1, -0.05) is 23.2 Å². The third-order valence-electron chi connectivity index (χ3n) is 4.23. The van der Waals surface area contributed by atoms with E-state index in [0.717, 1.165) is 0 Å². The Morgan fingerprint density at radius 1 is 1.00 bits per heavy atom. The van der Waals surface area contributed by atoms with Crippen molar-refractivity contribution in [3.63, 3.8) is 0 Å². The molecule has 0 aromatic heterocycles. The average molecular weight is 498 g/mol. The Morgan fingerprint density at radius 3 is 2.27 bits per heavy atom. The summed E-state index contributed by atoms with van der Waals surface area (Å²) in [4.78, 5) is 25.1. The number of anilines is 1. The van der Waals surface area contributed by atoms with Gasteiger partial charge in [-0.15, -0.1) is 0 Å². The standard InChI is InChI=1S/C22H25Cl2N3O6/c1-6-32-14-10-15(24)20(17(11-14)33-7-2)25-22(29)19(12(3)28)27-26-16-8-13(23)9-18(30-4)21(16)31-5/h8-11,19H,6-7H2,1-5H3,(H,25,29). The minimum atomic E-state index is -1.46. The zero-order valence-corrected chi connectivity index (χ0v) is 20.4. The number of amides is 1. The van der Waals surface area contributed by atoms with Crippen LogP contribution in [-0.2, 0) is 9.59 Å². The fraction of sp³-hybridized carbons (Fsp3) is 0.364. The highest BCUT2D eigenvalue weighted by atomic mass is 35.5. The van der Waals surface area contributed by atoms with Crippen LogP contribution in [-0.4, -0.2) is 45.2 Å². The van der Waals surface area contributed by atoms with E-state index in [0.29, 0.717) is 35.5 Å². The summed E-state index contributed by atoms with van der Waals surface area (Å²) in [5.74, 6) is 0.0679. The summed E-state index contributed by atoms with van der Waals surface area (Å²) in [6, 6.07) is 4.69. The number of nitrogens with one attached hydrogen (secondary N) is 1. The molecule has 11 heteroatoms. The number of carbonyl (C=O) groups excluding carboxylic acids is 2. The van der Waals surface area contributed by atoms with E-state index < -0.39 is 17.7 Å². The predicted molar refractivity (Wildman–Crippen MR) is 126 cm³/mol. The molecular weight excluding hydrogens is 473 g/mol. The van der Waals surface area contributed by atoms with Crippen molar-refractivity contribution in [2.45, 2.75) is 26.8 Å². The number of ether oxygens (including phenoxy) is 4. The lowest BCUT2D eigenvalue weighted by Gasteiger charge is -2.16. The van der Waals surface area contributed by atoms with Crippen LogP contribution in [0.1, 0.15) is 20.8 Å². The topological polar surface area (TPSA) is 108 Å². The average Bonchev–Trinajstić information content (AvgIpc) is 2.76. The number of nitrogens with zero attached hydrogens (tertiary/aromatic N) is 2. The third kappa shape index (κ3) is 6.72. The fourth-order valence-corrected chi connectivity index (χ4v) is 3.26. The first-order valence-electron chi connectivity index (χ1n) is 9.98. The summed E-state index contributed by atoms with van der Waals surface area (Å²) in [6.45, 7) is 5.59. The zero-order valence-electron chi connectivity index (χ0n) is 18.9. The molecule has 0 radical (unpaired) electrons. The lowest BCUT2D eigenvalue weighted by molar-refractivity contribution is -0.126. The molecule has 0 saturated heterocycles. The molecule has 178 valence electrons. The first-order valence-corrected chi connectivity index (χ1v) is 10.7. The van der Waals surface area contributed by atoms with Crippen molar-refractivity contribution < 1.29 is 28.5 Å². The van der Waals surface area contributed by atoms with Crippen LogP contribution < -0.4 is 24.3 Å². The second-order valence-corrected chi connectivity index (χ2v) is 7.37. The Labute approximate surface area is 202 Å². The second-order valence-electron chi connectivity index (χ2n) is 6.52. The third-order valence-corrected chi connectivity index (χ3v) is 4.74. The van der Waals surface area contributed by atoms with Crippen molar-refractivity contribution in [2.24, 2.45) is 10.2 Å². The Morgan fingerprint density at radius 2 is 1.70 bits per heavy atom. The Balaban J connectivity index is 2.38. The van der Waals surface area contributed by atoms with Gasteiger partial charge in [0.1, 0.15) is 22.9 Å². The zero-order chi connectivity index (χ0) is 24.5. The van der Waals surface area contributed by atoms with E-state index in [1.54, 1.807) is 13.0 Å². The number of ketones is 1. The lowest BCUT2D eigenvalue weighted by atomic mass is 10.2. The molecule has 1 unspecified atom stereocenters. The number of methoxy groups -OCH3 is 2. The van der Waals surface area contributed by atoms with Crippen LogP contribution in [0.4, 0.5) is 11.4 Å². The SMILES string of the molecule is CCOc1cc(Cl)c(NC(=O)C(N=Nc2cc(Cl)cc(OC)c2OC)C(C)=O)c(OCC)c1.